The number of hydrogen-bond donors (Lipinski definition) is 2. The van der Waals surface area contributed by atoms with Gasteiger partial charge in [0.15, 0.2) is 14.6 Å². The number of piperidine rings is 1. The first-order valence-electron chi connectivity index (χ1n) is 7.80. The highest BCUT2D eigenvalue weighted by Gasteiger charge is 2.48. The number of sulfone groups is 1. The highest BCUT2D eigenvalue weighted by Crippen LogP contribution is 2.28. The largest absolute Gasteiger partial charge is 0.494 e. The fraction of sp³-hybridized carbons (Fsp3) is 0.562. The number of para-hydroxylation sites is 1. The molecule has 1 fully saturated rings. The van der Waals surface area contributed by atoms with Gasteiger partial charge in [-0.3, -0.25) is 4.79 Å². The zero-order valence-electron chi connectivity index (χ0n) is 13.6. The summed E-state index contributed by atoms with van der Waals surface area (Å²) in [7, 11) is -3.49. The Kier molecular flexibility index (Phi) is 5.64. The fourth-order valence-corrected chi connectivity index (χ4v) is 4.23. The topological polar surface area (TPSA) is 84.5 Å². The van der Waals surface area contributed by atoms with Crippen molar-refractivity contribution in [1.82, 2.24) is 10.6 Å². The van der Waals surface area contributed by atoms with Crippen LogP contribution in [0.3, 0.4) is 0 Å². The van der Waals surface area contributed by atoms with Crippen molar-refractivity contribution >= 4 is 15.7 Å². The average molecular weight is 340 g/mol. The molecule has 0 bridgehead atoms. The summed E-state index contributed by atoms with van der Waals surface area (Å²) in [5.41, 5.74) is 0.834. The van der Waals surface area contributed by atoms with Crippen LogP contribution in [0.4, 0.5) is 0 Å². The Labute approximate surface area is 137 Å². The summed E-state index contributed by atoms with van der Waals surface area (Å²) in [5.74, 6) is 0.279. The van der Waals surface area contributed by atoms with Gasteiger partial charge in [0, 0.05) is 18.4 Å². The number of benzene rings is 1. The van der Waals surface area contributed by atoms with Crippen molar-refractivity contribution in [3.63, 3.8) is 0 Å². The zero-order chi connectivity index (χ0) is 16.9. The molecule has 23 heavy (non-hydrogen) atoms. The molecule has 0 aliphatic carbocycles. The maximum Gasteiger partial charge on any atom is 0.241 e. The number of carbonyl (C=O) groups excluding carboxylic acids is 1. The molecule has 0 spiro atoms. The van der Waals surface area contributed by atoms with E-state index in [4.69, 9.17) is 4.74 Å². The van der Waals surface area contributed by atoms with Crippen molar-refractivity contribution in [1.29, 1.82) is 0 Å². The minimum absolute atomic E-state index is 0.250. The normalized spacial score (nSPS) is 17.5. The van der Waals surface area contributed by atoms with E-state index in [0.717, 1.165) is 11.8 Å². The first-order chi connectivity index (χ1) is 10.9. The summed E-state index contributed by atoms with van der Waals surface area (Å²) in [5, 5.41) is 5.89. The number of hydrogen-bond acceptors (Lipinski definition) is 5. The summed E-state index contributed by atoms with van der Waals surface area (Å²) >= 11 is 0. The number of rotatable bonds is 6. The highest BCUT2D eigenvalue weighted by atomic mass is 32.2. The lowest BCUT2D eigenvalue weighted by molar-refractivity contribution is -0.124. The molecule has 1 aromatic rings. The molecular formula is C16H24N2O4S. The Morgan fingerprint density at radius 3 is 2.57 bits per heavy atom. The van der Waals surface area contributed by atoms with E-state index < -0.39 is 20.5 Å². The molecule has 7 heteroatoms. The molecule has 1 aliphatic heterocycles. The Morgan fingerprint density at radius 1 is 1.30 bits per heavy atom. The second kappa shape index (κ2) is 7.31. The maximum absolute atomic E-state index is 12.7. The van der Waals surface area contributed by atoms with Gasteiger partial charge in [0.2, 0.25) is 5.91 Å². The Bertz CT molecular complexity index is 652. The van der Waals surface area contributed by atoms with Gasteiger partial charge in [-0.25, -0.2) is 8.42 Å². The van der Waals surface area contributed by atoms with Crippen molar-refractivity contribution in [3.05, 3.63) is 29.8 Å². The van der Waals surface area contributed by atoms with Crippen LogP contribution < -0.4 is 15.4 Å². The third-order valence-corrected chi connectivity index (χ3v) is 6.26. The second-order valence-electron chi connectivity index (χ2n) is 5.74. The molecule has 1 amide bonds. The first kappa shape index (κ1) is 17.7. The second-order valence-corrected chi connectivity index (χ2v) is 8.07. The molecule has 0 unspecified atom stereocenters. The van der Waals surface area contributed by atoms with Crippen molar-refractivity contribution in [2.75, 3.05) is 26.0 Å². The van der Waals surface area contributed by atoms with E-state index in [9.17, 15) is 13.2 Å². The molecule has 1 aliphatic rings. The van der Waals surface area contributed by atoms with Crippen LogP contribution in [0.2, 0.25) is 0 Å². The van der Waals surface area contributed by atoms with Gasteiger partial charge in [-0.15, -0.1) is 0 Å². The van der Waals surface area contributed by atoms with Gasteiger partial charge < -0.3 is 15.4 Å². The maximum atomic E-state index is 12.7. The van der Waals surface area contributed by atoms with E-state index in [1.807, 2.05) is 31.2 Å². The van der Waals surface area contributed by atoms with E-state index in [2.05, 4.69) is 10.6 Å². The van der Waals surface area contributed by atoms with E-state index in [-0.39, 0.29) is 6.54 Å². The predicted molar refractivity (Wildman–Crippen MR) is 89.1 cm³/mol. The van der Waals surface area contributed by atoms with Gasteiger partial charge in [0.25, 0.3) is 0 Å². The molecule has 0 atom stereocenters. The van der Waals surface area contributed by atoms with Crippen LogP contribution >= 0.6 is 0 Å². The highest BCUT2D eigenvalue weighted by molar-refractivity contribution is 7.92. The van der Waals surface area contributed by atoms with Gasteiger partial charge in [-0.05, 0) is 38.9 Å². The smallest absolute Gasteiger partial charge is 0.241 e. The molecule has 0 saturated carbocycles. The molecule has 2 rings (SSSR count). The van der Waals surface area contributed by atoms with E-state index >= 15 is 0 Å². The van der Waals surface area contributed by atoms with Gasteiger partial charge in [0.05, 0.1) is 6.61 Å². The Morgan fingerprint density at radius 2 is 1.96 bits per heavy atom. The number of nitrogens with one attached hydrogen (secondary N) is 2. The molecule has 0 radical (unpaired) electrons. The SMILES string of the molecule is CCOc1ccccc1CNC(=O)C1(S(C)(=O)=O)CCNCC1. The van der Waals surface area contributed by atoms with E-state index in [1.54, 1.807) is 0 Å². The minimum Gasteiger partial charge on any atom is -0.494 e. The monoisotopic (exact) mass is 340 g/mol. The standard InChI is InChI=1S/C16H24N2O4S/c1-3-22-14-7-5-4-6-13(14)12-18-15(19)16(23(2,20)21)8-10-17-11-9-16/h4-7,17H,3,8-12H2,1-2H3,(H,18,19). The van der Waals surface area contributed by atoms with E-state index in [0.29, 0.717) is 38.3 Å². The van der Waals surface area contributed by atoms with Gasteiger partial charge >= 0.3 is 0 Å². The van der Waals surface area contributed by atoms with E-state index in [1.165, 1.54) is 0 Å². The molecule has 0 aromatic heterocycles. The van der Waals surface area contributed by atoms with Crippen LogP contribution in [0.5, 0.6) is 5.75 Å². The summed E-state index contributed by atoms with van der Waals surface area (Å²) in [4.78, 5) is 12.7. The first-order valence-corrected chi connectivity index (χ1v) is 9.69. The third-order valence-electron chi connectivity index (χ3n) is 4.25. The Hall–Kier alpha value is -1.60. The van der Waals surface area contributed by atoms with Crippen molar-refractivity contribution in [2.45, 2.75) is 31.1 Å². The zero-order valence-corrected chi connectivity index (χ0v) is 14.4. The number of ether oxygens (including phenoxy) is 1. The summed E-state index contributed by atoms with van der Waals surface area (Å²) in [6.45, 7) is 3.72. The molecule has 6 nitrogen and oxygen atoms in total. The molecule has 1 aromatic carbocycles. The molecule has 128 valence electrons. The Balaban J connectivity index is 2.14. The fourth-order valence-electron chi connectivity index (χ4n) is 2.88. The number of amides is 1. The van der Waals surface area contributed by atoms with Gasteiger partial charge in [-0.1, -0.05) is 18.2 Å². The van der Waals surface area contributed by atoms with Crippen LogP contribution in [0, 0.1) is 0 Å². The van der Waals surface area contributed by atoms with Gasteiger partial charge in [0.1, 0.15) is 5.75 Å². The number of carbonyl (C=O) groups is 1. The average Bonchev–Trinajstić information content (AvgIpc) is 2.53. The molecule has 2 N–H and O–H groups in total. The summed E-state index contributed by atoms with van der Waals surface area (Å²) in [6, 6.07) is 7.42. The molecule has 1 heterocycles. The van der Waals surface area contributed by atoms with Crippen LogP contribution in [0.1, 0.15) is 25.3 Å². The van der Waals surface area contributed by atoms with Crippen molar-refractivity contribution in [3.8, 4) is 5.75 Å². The third kappa shape index (κ3) is 3.84. The van der Waals surface area contributed by atoms with Crippen molar-refractivity contribution < 1.29 is 17.9 Å². The molecular weight excluding hydrogens is 316 g/mol. The van der Waals surface area contributed by atoms with Crippen LogP contribution in [0.15, 0.2) is 24.3 Å². The lowest BCUT2D eigenvalue weighted by atomic mass is 9.95. The lowest BCUT2D eigenvalue weighted by Gasteiger charge is -2.34. The summed E-state index contributed by atoms with van der Waals surface area (Å²) < 4.78 is 28.6. The minimum atomic E-state index is -3.49. The van der Waals surface area contributed by atoms with Crippen LogP contribution in [-0.4, -0.2) is 45.0 Å². The molecule has 1 saturated heterocycles. The predicted octanol–water partition coefficient (Wildman–Crippen LogP) is 0.868. The summed E-state index contributed by atoms with van der Waals surface area (Å²) in [6.07, 6.45) is 1.74. The van der Waals surface area contributed by atoms with Crippen LogP contribution in [-0.2, 0) is 21.2 Å². The lowest BCUT2D eigenvalue weighted by Crippen LogP contribution is -2.57. The van der Waals surface area contributed by atoms with Gasteiger partial charge in [-0.2, -0.15) is 0 Å². The van der Waals surface area contributed by atoms with Crippen molar-refractivity contribution in [2.24, 2.45) is 0 Å². The van der Waals surface area contributed by atoms with Crippen LogP contribution in [0.25, 0.3) is 0 Å². The quantitative estimate of drug-likeness (QED) is 0.803.